The van der Waals surface area contributed by atoms with Gasteiger partial charge in [0.2, 0.25) is 5.91 Å². The number of hydrogen-bond donors (Lipinski definition) is 0. The molecule has 1 atom stereocenters. The van der Waals surface area contributed by atoms with Gasteiger partial charge in [0.1, 0.15) is 28.7 Å². The van der Waals surface area contributed by atoms with Crippen LogP contribution in [0.3, 0.4) is 0 Å². The van der Waals surface area contributed by atoms with E-state index < -0.39 is 18.0 Å². The number of hydrogen-bond acceptors (Lipinski definition) is 9. The Labute approximate surface area is 180 Å². The van der Waals surface area contributed by atoms with Gasteiger partial charge in [0, 0.05) is 33.7 Å². The van der Waals surface area contributed by atoms with E-state index in [0.717, 1.165) is 0 Å². The van der Waals surface area contributed by atoms with Crippen LogP contribution >= 0.6 is 0 Å². The second-order valence-electron chi connectivity index (χ2n) is 7.45. The van der Waals surface area contributed by atoms with Gasteiger partial charge < -0.3 is 23.2 Å². The molecule has 0 aliphatic carbocycles. The lowest BCUT2D eigenvalue weighted by Gasteiger charge is -2.40. The fourth-order valence-corrected chi connectivity index (χ4v) is 3.64. The van der Waals surface area contributed by atoms with Crippen molar-refractivity contribution in [2.75, 3.05) is 47.9 Å². The predicted molar refractivity (Wildman–Crippen MR) is 108 cm³/mol. The van der Waals surface area contributed by atoms with Crippen LogP contribution in [0.1, 0.15) is 32.2 Å². The van der Waals surface area contributed by atoms with Crippen molar-refractivity contribution in [3.63, 3.8) is 0 Å². The lowest BCUT2D eigenvalue weighted by Crippen LogP contribution is -2.58. The molecule has 2 aromatic rings. The summed E-state index contributed by atoms with van der Waals surface area (Å²) in [5.74, 6) is -0.0581. The molecule has 10 heteroatoms. The molecular weight excluding hydrogens is 406 g/mol. The zero-order valence-corrected chi connectivity index (χ0v) is 18.1. The minimum absolute atomic E-state index is 0.0662. The molecule has 1 saturated heterocycles. The molecule has 2 aromatic heterocycles. The van der Waals surface area contributed by atoms with Crippen molar-refractivity contribution < 1.29 is 32.7 Å². The summed E-state index contributed by atoms with van der Waals surface area (Å²) in [6.45, 7) is 2.28. The normalized spacial score (nSPS) is 17.4. The topological polar surface area (TPSA) is 106 Å². The first kappa shape index (κ1) is 22.6. The highest BCUT2D eigenvalue weighted by Gasteiger charge is 2.35. The lowest BCUT2D eigenvalue weighted by molar-refractivity contribution is -0.137. The third-order valence-corrected chi connectivity index (χ3v) is 5.32. The lowest BCUT2D eigenvalue weighted by atomic mass is 10.1. The van der Waals surface area contributed by atoms with Gasteiger partial charge in [-0.05, 0) is 12.1 Å². The third kappa shape index (κ3) is 4.97. The van der Waals surface area contributed by atoms with Crippen LogP contribution in [0, 0.1) is 0 Å². The van der Waals surface area contributed by atoms with Crippen LogP contribution in [-0.2, 0) is 27.4 Å². The van der Waals surface area contributed by atoms with Crippen LogP contribution in [0.25, 0.3) is 0 Å². The Kier molecular flexibility index (Phi) is 7.13. The second-order valence-corrected chi connectivity index (χ2v) is 7.45. The van der Waals surface area contributed by atoms with Crippen LogP contribution in [0.5, 0.6) is 0 Å². The molecule has 1 aliphatic heterocycles. The van der Waals surface area contributed by atoms with Gasteiger partial charge in [0.15, 0.2) is 0 Å². The summed E-state index contributed by atoms with van der Waals surface area (Å²) in [5.41, 5.74) is 0.720. The van der Waals surface area contributed by atoms with Crippen molar-refractivity contribution in [1.29, 1.82) is 0 Å². The van der Waals surface area contributed by atoms with Gasteiger partial charge in [-0.1, -0.05) is 0 Å². The smallest absolute Gasteiger partial charge is 0.341 e. The van der Waals surface area contributed by atoms with Crippen LogP contribution < -0.4 is 0 Å². The molecule has 0 N–H and O–H groups in total. The molecule has 3 heterocycles. The van der Waals surface area contributed by atoms with Gasteiger partial charge in [-0.25, -0.2) is 9.59 Å². The zero-order valence-electron chi connectivity index (χ0n) is 18.1. The average Bonchev–Trinajstić information content (AvgIpc) is 3.42. The van der Waals surface area contributed by atoms with Crippen LogP contribution in [0.4, 0.5) is 0 Å². The monoisotopic (exact) mass is 433 g/mol. The van der Waals surface area contributed by atoms with Crippen molar-refractivity contribution in [2.24, 2.45) is 0 Å². The molecule has 0 bridgehead atoms. The van der Waals surface area contributed by atoms with Crippen LogP contribution in [0.2, 0.25) is 0 Å². The number of esters is 2. The molecule has 1 fully saturated rings. The molecular formula is C21H27N3O7. The van der Waals surface area contributed by atoms with Gasteiger partial charge in [0.05, 0.1) is 39.8 Å². The molecule has 3 rings (SSSR count). The minimum atomic E-state index is -0.481. The Balaban J connectivity index is 1.76. The summed E-state index contributed by atoms with van der Waals surface area (Å²) in [6.07, 6.45) is 2.89. The van der Waals surface area contributed by atoms with Crippen molar-refractivity contribution in [3.05, 3.63) is 47.3 Å². The quantitative estimate of drug-likeness (QED) is 0.596. The van der Waals surface area contributed by atoms with Crippen LogP contribution in [0.15, 0.2) is 33.5 Å². The van der Waals surface area contributed by atoms with Crippen molar-refractivity contribution in [2.45, 2.75) is 19.1 Å². The maximum Gasteiger partial charge on any atom is 0.341 e. The van der Waals surface area contributed by atoms with Crippen molar-refractivity contribution >= 4 is 17.8 Å². The first-order valence-corrected chi connectivity index (χ1v) is 9.82. The van der Waals surface area contributed by atoms with E-state index in [9.17, 15) is 14.4 Å². The number of furan rings is 2. The number of carbonyl (C=O) groups excluding carboxylic acids is 3. The van der Waals surface area contributed by atoms with E-state index in [1.54, 1.807) is 26.2 Å². The number of methoxy groups -OCH3 is 2. The number of nitrogens with zero attached hydrogens (tertiary/aromatic N) is 3. The van der Waals surface area contributed by atoms with Crippen LogP contribution in [-0.4, -0.2) is 86.5 Å². The Morgan fingerprint density at radius 2 is 1.52 bits per heavy atom. The fourth-order valence-electron chi connectivity index (χ4n) is 3.64. The predicted octanol–water partition coefficient (Wildman–Crippen LogP) is 1.22. The molecule has 0 radical (unpaired) electrons. The van der Waals surface area contributed by atoms with Crippen molar-refractivity contribution in [1.82, 2.24) is 14.7 Å². The van der Waals surface area contributed by atoms with E-state index in [-0.39, 0.29) is 5.91 Å². The number of carbonyl (C=O) groups is 3. The summed E-state index contributed by atoms with van der Waals surface area (Å²) in [4.78, 5) is 42.4. The fraction of sp³-hybridized carbons (Fsp3) is 0.476. The molecule has 1 aliphatic rings. The number of likely N-dealkylation sites (N-methyl/N-ethyl adjacent to an activating group) is 1. The highest BCUT2D eigenvalue weighted by Crippen LogP contribution is 2.22. The van der Waals surface area contributed by atoms with Gasteiger partial charge in [-0.15, -0.1) is 0 Å². The third-order valence-electron chi connectivity index (χ3n) is 5.32. The highest BCUT2D eigenvalue weighted by molar-refractivity contribution is 5.90. The van der Waals surface area contributed by atoms with E-state index in [1.165, 1.54) is 31.6 Å². The van der Waals surface area contributed by atoms with E-state index in [4.69, 9.17) is 18.3 Å². The minimum Gasteiger partial charge on any atom is -0.467 e. The number of piperazine rings is 1. The van der Waals surface area contributed by atoms with Gasteiger partial charge in [0.25, 0.3) is 0 Å². The van der Waals surface area contributed by atoms with Crippen molar-refractivity contribution in [3.8, 4) is 0 Å². The number of ether oxygens (including phenoxy) is 2. The van der Waals surface area contributed by atoms with Gasteiger partial charge >= 0.3 is 11.9 Å². The second kappa shape index (κ2) is 9.80. The highest BCUT2D eigenvalue weighted by atomic mass is 16.5. The van der Waals surface area contributed by atoms with Gasteiger partial charge in [-0.2, -0.15) is 0 Å². The molecule has 1 amide bonds. The number of amides is 1. The summed E-state index contributed by atoms with van der Waals surface area (Å²) in [7, 11) is 6.04. The summed E-state index contributed by atoms with van der Waals surface area (Å²) >= 11 is 0. The van der Waals surface area contributed by atoms with E-state index in [0.29, 0.717) is 55.4 Å². The van der Waals surface area contributed by atoms with E-state index >= 15 is 0 Å². The van der Waals surface area contributed by atoms with E-state index in [2.05, 4.69) is 4.90 Å². The molecule has 10 nitrogen and oxygen atoms in total. The Morgan fingerprint density at radius 1 is 0.968 bits per heavy atom. The largest absolute Gasteiger partial charge is 0.467 e. The molecule has 168 valence electrons. The molecule has 0 unspecified atom stereocenters. The number of rotatable bonds is 7. The Bertz CT molecular complexity index is 933. The van der Waals surface area contributed by atoms with E-state index in [1.807, 2.05) is 4.90 Å². The Morgan fingerprint density at radius 3 is 2.03 bits per heavy atom. The molecule has 0 aromatic carbocycles. The molecule has 0 spiro atoms. The first-order valence-electron chi connectivity index (χ1n) is 9.82. The maximum atomic E-state index is 12.9. The molecule has 0 saturated carbocycles. The summed E-state index contributed by atoms with van der Waals surface area (Å²) in [6, 6.07) is 2.67. The standard InChI is InChI=1S/C21H27N3O7/c1-22(2)19(25)16-11-23(12-17-14(5-9-30-17)20(26)28-3)7-8-24(16)13-18-15(6-10-31-18)21(27)29-4/h5-6,9-10,16H,7-8,11-13H2,1-4H3/t16-/m0/s1. The zero-order chi connectivity index (χ0) is 22.5. The maximum absolute atomic E-state index is 12.9. The summed E-state index contributed by atoms with van der Waals surface area (Å²) in [5, 5.41) is 0. The molecule has 31 heavy (non-hydrogen) atoms. The average molecular weight is 433 g/mol. The first-order chi connectivity index (χ1) is 14.8. The Hall–Kier alpha value is -3.11. The van der Waals surface area contributed by atoms with Gasteiger partial charge in [-0.3, -0.25) is 14.6 Å². The SMILES string of the molecule is COC(=O)c1ccoc1CN1CCN(Cc2occc2C(=O)OC)[C@H](C(=O)N(C)C)C1. The summed E-state index contributed by atoms with van der Waals surface area (Å²) < 4.78 is 20.6.